The molecule has 0 heterocycles. The first-order valence-electron chi connectivity index (χ1n) is 10.4. The molecule has 0 aliphatic heterocycles. The predicted octanol–water partition coefficient (Wildman–Crippen LogP) is 5.42. The molecule has 0 aliphatic rings. The van der Waals surface area contributed by atoms with E-state index in [1.54, 1.807) is 0 Å². The molecule has 0 rings (SSSR count). The molecule has 0 bridgehead atoms. The summed E-state index contributed by atoms with van der Waals surface area (Å²) < 4.78 is 0. The Bertz CT molecular complexity index is 268. The van der Waals surface area contributed by atoms with E-state index in [1.807, 2.05) is 0 Å². The summed E-state index contributed by atoms with van der Waals surface area (Å²) in [7, 11) is 0. The van der Waals surface area contributed by atoms with Crippen molar-refractivity contribution in [2.75, 3.05) is 13.2 Å². The Hall–Kier alpha value is -0.410. The summed E-state index contributed by atoms with van der Waals surface area (Å²) in [5, 5.41) is 18.4. The van der Waals surface area contributed by atoms with E-state index in [0.717, 1.165) is 19.1 Å². The molecule has 0 aromatic carbocycles. The van der Waals surface area contributed by atoms with E-state index in [-0.39, 0.29) is 13.2 Å². The zero-order valence-electron chi connectivity index (χ0n) is 16.1. The van der Waals surface area contributed by atoms with Gasteiger partial charge in [-0.3, -0.25) is 0 Å². The molecule has 24 heavy (non-hydrogen) atoms. The number of aliphatic hydroxyl groups excluding tert-OH is 2. The fourth-order valence-corrected chi connectivity index (χ4v) is 3.33. The van der Waals surface area contributed by atoms with Crippen LogP contribution in [-0.4, -0.2) is 29.7 Å². The maximum atomic E-state index is 11.1. The molecular formula is C21H42O3. The van der Waals surface area contributed by atoms with Gasteiger partial charge in [-0.05, 0) is 12.8 Å². The molecule has 0 aromatic rings. The fourth-order valence-electron chi connectivity index (χ4n) is 3.33. The average Bonchev–Trinajstić information content (AvgIpc) is 2.61. The minimum absolute atomic E-state index is 0.0299. The molecule has 0 fully saturated rings. The zero-order valence-corrected chi connectivity index (χ0v) is 16.1. The number of aliphatic hydroxyl groups is 2. The highest BCUT2D eigenvalue weighted by molar-refractivity contribution is 5.59. The second-order valence-electron chi connectivity index (χ2n) is 7.46. The van der Waals surface area contributed by atoms with Crippen LogP contribution >= 0.6 is 0 Å². The highest BCUT2D eigenvalue weighted by Gasteiger charge is 2.27. The van der Waals surface area contributed by atoms with Gasteiger partial charge >= 0.3 is 0 Å². The van der Waals surface area contributed by atoms with E-state index in [4.69, 9.17) is 5.11 Å². The second-order valence-corrected chi connectivity index (χ2v) is 7.46. The van der Waals surface area contributed by atoms with Crippen LogP contribution in [0.15, 0.2) is 0 Å². The van der Waals surface area contributed by atoms with Crippen LogP contribution in [0.2, 0.25) is 0 Å². The lowest BCUT2D eigenvalue weighted by atomic mass is 9.82. The van der Waals surface area contributed by atoms with Crippen molar-refractivity contribution < 1.29 is 15.0 Å². The molecule has 0 saturated heterocycles. The van der Waals surface area contributed by atoms with Gasteiger partial charge in [-0.2, -0.15) is 0 Å². The molecule has 3 heteroatoms. The van der Waals surface area contributed by atoms with Crippen molar-refractivity contribution in [3.8, 4) is 0 Å². The number of hydrogen-bond donors (Lipinski definition) is 2. The van der Waals surface area contributed by atoms with Crippen molar-refractivity contribution in [2.24, 2.45) is 5.41 Å². The second kappa shape index (κ2) is 17.4. The Morgan fingerprint density at radius 1 is 0.667 bits per heavy atom. The number of aldehydes is 1. The predicted molar refractivity (Wildman–Crippen MR) is 102 cm³/mol. The smallest absolute Gasteiger partial charge is 0.128 e. The van der Waals surface area contributed by atoms with E-state index < -0.39 is 5.41 Å². The van der Waals surface area contributed by atoms with Gasteiger partial charge in [-0.25, -0.2) is 0 Å². The van der Waals surface area contributed by atoms with Crippen LogP contribution in [0.3, 0.4) is 0 Å². The Morgan fingerprint density at radius 2 is 1.08 bits per heavy atom. The van der Waals surface area contributed by atoms with Crippen LogP contribution in [0.5, 0.6) is 0 Å². The maximum absolute atomic E-state index is 11.1. The maximum Gasteiger partial charge on any atom is 0.128 e. The van der Waals surface area contributed by atoms with Crippen LogP contribution in [0, 0.1) is 5.41 Å². The van der Waals surface area contributed by atoms with Gasteiger partial charge in [0.1, 0.15) is 6.29 Å². The summed E-state index contributed by atoms with van der Waals surface area (Å²) in [5.74, 6) is 0. The van der Waals surface area contributed by atoms with Crippen molar-refractivity contribution in [1.82, 2.24) is 0 Å². The molecule has 2 N–H and O–H groups in total. The Labute approximate surface area is 150 Å². The molecule has 0 aromatic heterocycles. The number of rotatable bonds is 19. The topological polar surface area (TPSA) is 57.5 Å². The Balaban J connectivity index is 3.34. The van der Waals surface area contributed by atoms with Gasteiger partial charge in [0, 0.05) is 6.61 Å². The first-order valence-corrected chi connectivity index (χ1v) is 10.4. The molecule has 144 valence electrons. The summed E-state index contributed by atoms with van der Waals surface area (Å²) >= 11 is 0. The first-order chi connectivity index (χ1) is 11.7. The number of carbonyl (C=O) groups is 1. The zero-order chi connectivity index (χ0) is 17.9. The van der Waals surface area contributed by atoms with Gasteiger partial charge in [0.15, 0.2) is 0 Å². The van der Waals surface area contributed by atoms with Gasteiger partial charge in [0.25, 0.3) is 0 Å². The summed E-state index contributed by atoms with van der Waals surface area (Å²) in [6.07, 6.45) is 20.3. The Kier molecular flexibility index (Phi) is 17.1. The van der Waals surface area contributed by atoms with E-state index in [0.29, 0.717) is 12.8 Å². The van der Waals surface area contributed by atoms with Crippen molar-refractivity contribution in [1.29, 1.82) is 0 Å². The van der Waals surface area contributed by atoms with E-state index >= 15 is 0 Å². The molecular weight excluding hydrogens is 300 g/mol. The lowest BCUT2D eigenvalue weighted by molar-refractivity contribution is -0.120. The largest absolute Gasteiger partial charge is 0.396 e. The minimum atomic E-state index is -0.703. The van der Waals surface area contributed by atoms with Crippen molar-refractivity contribution in [3.63, 3.8) is 0 Å². The first kappa shape index (κ1) is 23.6. The molecule has 0 amide bonds. The Morgan fingerprint density at radius 3 is 1.42 bits per heavy atom. The molecule has 1 atom stereocenters. The third-order valence-electron chi connectivity index (χ3n) is 5.20. The van der Waals surface area contributed by atoms with Gasteiger partial charge in [-0.1, -0.05) is 96.8 Å². The summed E-state index contributed by atoms with van der Waals surface area (Å²) in [5.41, 5.74) is -0.703. The molecule has 0 aliphatic carbocycles. The van der Waals surface area contributed by atoms with Crippen molar-refractivity contribution >= 4 is 6.29 Å². The van der Waals surface area contributed by atoms with E-state index in [1.165, 1.54) is 77.0 Å². The number of carbonyl (C=O) groups excluding carboxylic acids is 1. The van der Waals surface area contributed by atoms with Crippen molar-refractivity contribution in [3.05, 3.63) is 0 Å². The molecule has 0 radical (unpaired) electrons. The minimum Gasteiger partial charge on any atom is -0.396 e. The summed E-state index contributed by atoms with van der Waals surface area (Å²) in [6.45, 7) is 2.09. The number of unbranched alkanes of at least 4 members (excludes halogenated alkanes) is 13. The van der Waals surface area contributed by atoms with Gasteiger partial charge in [-0.15, -0.1) is 0 Å². The van der Waals surface area contributed by atoms with Crippen LogP contribution in [0.1, 0.15) is 110 Å². The van der Waals surface area contributed by atoms with Crippen LogP contribution in [0.4, 0.5) is 0 Å². The molecule has 1 unspecified atom stereocenters. The standard InChI is InChI=1S/C21H42O3/c1-2-3-4-5-6-7-8-9-10-11-12-13-14-15-16-21(19-23,20-24)17-18-22/h19,22,24H,2-18,20H2,1H3. The normalized spacial score (nSPS) is 13.8. The molecule has 0 saturated carbocycles. The van der Waals surface area contributed by atoms with Crippen LogP contribution in [-0.2, 0) is 4.79 Å². The quantitative estimate of drug-likeness (QED) is 0.243. The average molecular weight is 343 g/mol. The van der Waals surface area contributed by atoms with Crippen LogP contribution < -0.4 is 0 Å². The summed E-state index contributed by atoms with van der Waals surface area (Å²) in [6, 6.07) is 0. The third kappa shape index (κ3) is 12.9. The van der Waals surface area contributed by atoms with Crippen molar-refractivity contribution in [2.45, 2.75) is 110 Å². The lowest BCUT2D eigenvalue weighted by Crippen LogP contribution is -2.28. The van der Waals surface area contributed by atoms with E-state index in [9.17, 15) is 9.90 Å². The molecule has 0 spiro atoms. The number of hydrogen-bond acceptors (Lipinski definition) is 3. The highest BCUT2D eigenvalue weighted by atomic mass is 16.3. The summed E-state index contributed by atoms with van der Waals surface area (Å²) in [4.78, 5) is 11.1. The monoisotopic (exact) mass is 342 g/mol. The molecule has 3 nitrogen and oxygen atoms in total. The van der Waals surface area contributed by atoms with Crippen LogP contribution in [0.25, 0.3) is 0 Å². The third-order valence-corrected chi connectivity index (χ3v) is 5.20. The fraction of sp³-hybridized carbons (Fsp3) is 0.952. The van der Waals surface area contributed by atoms with Gasteiger partial charge < -0.3 is 15.0 Å². The van der Waals surface area contributed by atoms with Gasteiger partial charge in [0.2, 0.25) is 0 Å². The highest BCUT2D eigenvalue weighted by Crippen LogP contribution is 2.26. The lowest BCUT2D eigenvalue weighted by Gasteiger charge is -2.24. The van der Waals surface area contributed by atoms with Gasteiger partial charge in [0.05, 0.1) is 12.0 Å². The SMILES string of the molecule is CCCCCCCCCCCCCCCCC(C=O)(CO)CCO. The van der Waals surface area contributed by atoms with E-state index in [2.05, 4.69) is 6.92 Å².